The Balaban J connectivity index is 1.88. The largest absolute Gasteiger partial charge is 0.394 e. The van der Waals surface area contributed by atoms with Crippen LogP contribution in [0.2, 0.25) is 0 Å². The van der Waals surface area contributed by atoms with E-state index in [1.54, 1.807) is 32.2 Å². The summed E-state index contributed by atoms with van der Waals surface area (Å²) >= 11 is 0. The number of hydrazine groups is 1. The lowest BCUT2D eigenvalue weighted by atomic mass is 9.99. The minimum Gasteiger partial charge on any atom is -0.394 e. The first-order valence-electron chi connectivity index (χ1n) is 10.8. The summed E-state index contributed by atoms with van der Waals surface area (Å²) in [4.78, 5) is 17.2. The fourth-order valence-corrected chi connectivity index (χ4v) is 3.25. The number of rotatable bonds is 6. The highest BCUT2D eigenvalue weighted by Crippen LogP contribution is 2.28. The summed E-state index contributed by atoms with van der Waals surface area (Å²) in [7, 11) is 0. The summed E-state index contributed by atoms with van der Waals surface area (Å²) in [6, 6.07) is 7.02. The van der Waals surface area contributed by atoms with Crippen LogP contribution in [0.1, 0.15) is 49.3 Å². The van der Waals surface area contributed by atoms with Crippen molar-refractivity contribution >= 4 is 17.6 Å². The molecule has 0 spiro atoms. The van der Waals surface area contributed by atoms with Gasteiger partial charge in [0, 0.05) is 11.8 Å². The summed E-state index contributed by atoms with van der Waals surface area (Å²) in [6.45, 7) is 9.26. The molecule has 0 bridgehead atoms. The average Bonchev–Trinajstić information content (AvgIpc) is 3.28. The fourth-order valence-electron chi connectivity index (χ4n) is 3.25. The van der Waals surface area contributed by atoms with E-state index in [1.165, 1.54) is 18.2 Å². The predicted molar refractivity (Wildman–Crippen MR) is 129 cm³/mol. The molecule has 0 saturated heterocycles. The quantitative estimate of drug-likeness (QED) is 0.190. The van der Waals surface area contributed by atoms with Gasteiger partial charge < -0.3 is 10.4 Å². The maximum absolute atomic E-state index is 14.8. The van der Waals surface area contributed by atoms with Gasteiger partial charge in [-0.1, -0.05) is 6.07 Å². The van der Waals surface area contributed by atoms with Crippen LogP contribution in [0.15, 0.2) is 42.7 Å². The van der Waals surface area contributed by atoms with E-state index >= 15 is 0 Å². The molecule has 1 aromatic carbocycles. The van der Waals surface area contributed by atoms with Crippen LogP contribution < -0.4 is 11.2 Å². The minimum atomic E-state index is -0.675. The number of hydrogen-bond acceptors (Lipinski definition) is 6. The maximum atomic E-state index is 14.8. The molecule has 1 unspecified atom stereocenters. The molecule has 0 fully saturated rings. The van der Waals surface area contributed by atoms with Crippen LogP contribution in [0.3, 0.4) is 0 Å². The van der Waals surface area contributed by atoms with Crippen LogP contribution >= 0.6 is 0 Å². The SMILES string of the molecule is Cc1cc(F)c(C(=O)Nc2cccc(C(=N)N(N)C(C)CO)n2)cc1-c1cnn(C(C)(C)C)c1. The molecular weight excluding hydrogens is 437 g/mol. The molecule has 34 heavy (non-hydrogen) atoms. The highest BCUT2D eigenvalue weighted by molar-refractivity contribution is 6.05. The lowest BCUT2D eigenvalue weighted by molar-refractivity contribution is 0.102. The molecule has 2 aromatic heterocycles. The number of aryl methyl sites for hydroxylation is 1. The van der Waals surface area contributed by atoms with Crippen molar-refractivity contribution in [2.45, 2.75) is 46.2 Å². The van der Waals surface area contributed by atoms with Crippen molar-refractivity contribution in [1.29, 1.82) is 5.41 Å². The van der Waals surface area contributed by atoms with Crippen LogP contribution in [0.25, 0.3) is 11.1 Å². The summed E-state index contributed by atoms with van der Waals surface area (Å²) in [5.74, 6) is 4.52. The zero-order chi connectivity index (χ0) is 25.2. The van der Waals surface area contributed by atoms with Crippen LogP contribution in [0.5, 0.6) is 0 Å². The van der Waals surface area contributed by atoms with Crippen molar-refractivity contribution in [3.8, 4) is 11.1 Å². The number of halogens is 1. The number of carbonyl (C=O) groups excluding carboxylic acids is 1. The number of anilines is 1. The third kappa shape index (κ3) is 5.29. The van der Waals surface area contributed by atoms with Crippen molar-refractivity contribution in [1.82, 2.24) is 19.8 Å². The molecule has 0 aliphatic rings. The Morgan fingerprint density at radius 1 is 1.35 bits per heavy atom. The number of amides is 1. The molecule has 2 heterocycles. The number of aliphatic hydroxyl groups is 1. The number of nitrogens with one attached hydrogen (secondary N) is 2. The van der Waals surface area contributed by atoms with Gasteiger partial charge in [0.2, 0.25) is 0 Å². The first kappa shape index (κ1) is 25.0. The third-order valence-electron chi connectivity index (χ3n) is 5.37. The Morgan fingerprint density at radius 2 is 2.06 bits per heavy atom. The number of amidine groups is 1. The van der Waals surface area contributed by atoms with E-state index in [9.17, 15) is 14.3 Å². The second-order valence-electron chi connectivity index (χ2n) is 9.14. The van der Waals surface area contributed by atoms with E-state index in [-0.39, 0.29) is 35.1 Å². The standard InChI is InChI=1S/C24H30FN7O2/c1-14-9-19(25)18(10-17(14)16-11-28-31(12-16)24(3,4)5)23(34)30-21-8-6-7-20(29-21)22(26)32(27)15(2)13-33/h6-12,15,26,33H,13,27H2,1-5H3,(H,29,30,34). The number of nitrogens with zero attached hydrogens (tertiary/aromatic N) is 4. The number of aliphatic hydroxyl groups excluding tert-OH is 1. The number of benzene rings is 1. The van der Waals surface area contributed by atoms with Crippen molar-refractivity contribution in [2.24, 2.45) is 5.84 Å². The Kier molecular flexibility index (Phi) is 7.13. The second-order valence-corrected chi connectivity index (χ2v) is 9.14. The van der Waals surface area contributed by atoms with E-state index in [2.05, 4.69) is 15.4 Å². The Morgan fingerprint density at radius 3 is 2.68 bits per heavy atom. The highest BCUT2D eigenvalue weighted by Gasteiger charge is 2.20. The summed E-state index contributed by atoms with van der Waals surface area (Å²) < 4.78 is 16.6. The van der Waals surface area contributed by atoms with Crippen LogP contribution in [0, 0.1) is 18.2 Å². The summed E-state index contributed by atoms with van der Waals surface area (Å²) in [5.41, 5.74) is 1.99. The lowest BCUT2D eigenvalue weighted by Gasteiger charge is -2.24. The molecule has 180 valence electrons. The second kappa shape index (κ2) is 9.70. The van der Waals surface area contributed by atoms with Gasteiger partial charge in [-0.15, -0.1) is 0 Å². The van der Waals surface area contributed by atoms with E-state index < -0.39 is 17.8 Å². The van der Waals surface area contributed by atoms with Crippen molar-refractivity contribution < 1.29 is 14.3 Å². The minimum absolute atomic E-state index is 0.127. The topological polar surface area (TPSA) is 133 Å². The van der Waals surface area contributed by atoms with Crippen molar-refractivity contribution in [3.05, 3.63) is 65.4 Å². The number of pyridine rings is 1. The molecule has 0 radical (unpaired) electrons. The predicted octanol–water partition coefficient (Wildman–Crippen LogP) is 3.28. The zero-order valence-corrected chi connectivity index (χ0v) is 19.9. The van der Waals surface area contributed by atoms with E-state index in [4.69, 9.17) is 11.3 Å². The van der Waals surface area contributed by atoms with E-state index in [0.29, 0.717) is 11.1 Å². The number of hydrogen-bond donors (Lipinski definition) is 4. The third-order valence-corrected chi connectivity index (χ3v) is 5.37. The maximum Gasteiger partial charge on any atom is 0.259 e. The van der Waals surface area contributed by atoms with E-state index in [0.717, 1.165) is 10.6 Å². The van der Waals surface area contributed by atoms with Gasteiger partial charge >= 0.3 is 0 Å². The van der Waals surface area contributed by atoms with E-state index in [1.807, 2.05) is 31.6 Å². The smallest absolute Gasteiger partial charge is 0.259 e. The van der Waals surface area contributed by atoms with Gasteiger partial charge in [-0.3, -0.25) is 19.9 Å². The molecule has 9 nitrogen and oxygen atoms in total. The molecule has 0 aliphatic heterocycles. The Hall–Kier alpha value is -3.63. The van der Waals surface area contributed by atoms with Crippen LogP contribution in [0.4, 0.5) is 10.2 Å². The van der Waals surface area contributed by atoms with Gasteiger partial charge in [-0.05, 0) is 70.0 Å². The lowest BCUT2D eigenvalue weighted by Crippen LogP contribution is -2.46. The van der Waals surface area contributed by atoms with Gasteiger partial charge in [0.1, 0.15) is 17.3 Å². The number of aromatic nitrogens is 3. The first-order chi connectivity index (χ1) is 15.9. The molecule has 0 aliphatic carbocycles. The molecule has 10 heteroatoms. The monoisotopic (exact) mass is 467 g/mol. The Bertz CT molecular complexity index is 1220. The molecule has 3 aromatic rings. The van der Waals surface area contributed by atoms with Crippen molar-refractivity contribution in [2.75, 3.05) is 11.9 Å². The molecule has 0 saturated carbocycles. The average molecular weight is 468 g/mol. The summed E-state index contributed by atoms with van der Waals surface area (Å²) in [5, 5.41) is 25.5. The normalized spacial score (nSPS) is 12.4. The summed E-state index contributed by atoms with van der Waals surface area (Å²) in [6.07, 6.45) is 3.56. The molecule has 3 rings (SSSR count). The fraction of sp³-hybridized carbons (Fsp3) is 0.333. The molecule has 1 atom stereocenters. The molecule has 5 N–H and O–H groups in total. The molecule has 1 amide bonds. The van der Waals surface area contributed by atoms with Gasteiger partial charge in [0.05, 0.1) is 29.9 Å². The van der Waals surface area contributed by atoms with Gasteiger partial charge in [0.15, 0.2) is 5.84 Å². The van der Waals surface area contributed by atoms with Gasteiger partial charge in [0.25, 0.3) is 5.91 Å². The van der Waals surface area contributed by atoms with Crippen LogP contribution in [-0.4, -0.2) is 49.3 Å². The van der Waals surface area contributed by atoms with Crippen LogP contribution in [-0.2, 0) is 5.54 Å². The number of carbonyl (C=O) groups is 1. The highest BCUT2D eigenvalue weighted by atomic mass is 19.1. The first-order valence-corrected chi connectivity index (χ1v) is 10.8. The van der Waals surface area contributed by atoms with Gasteiger partial charge in [-0.25, -0.2) is 15.2 Å². The zero-order valence-electron chi connectivity index (χ0n) is 19.9. The van der Waals surface area contributed by atoms with Gasteiger partial charge in [-0.2, -0.15) is 5.10 Å². The Labute approximate surface area is 197 Å². The number of nitrogens with two attached hydrogens (primary N) is 1. The molecular formula is C24H30FN7O2. The van der Waals surface area contributed by atoms with Crippen molar-refractivity contribution in [3.63, 3.8) is 0 Å².